The Bertz CT molecular complexity index is 1600. The first-order valence-electron chi connectivity index (χ1n) is 12.5. The lowest BCUT2D eigenvalue weighted by atomic mass is 9.96. The summed E-state index contributed by atoms with van der Waals surface area (Å²) >= 11 is 1.31. The molecule has 210 valence electrons. The number of amides is 1. The third kappa shape index (κ3) is 5.38. The molecule has 3 aromatic carbocycles. The minimum atomic E-state index is -4.18. The molecular formula is C28H27F2N3O5S2. The molecule has 12 heteroatoms. The quantitative estimate of drug-likeness (QED) is 0.281. The van der Waals surface area contributed by atoms with Crippen LogP contribution in [0.15, 0.2) is 65.6 Å². The average molecular weight is 588 g/mol. The molecule has 1 aliphatic heterocycles. The fourth-order valence-electron chi connectivity index (χ4n) is 4.78. The second kappa shape index (κ2) is 11.5. The molecule has 1 fully saturated rings. The summed E-state index contributed by atoms with van der Waals surface area (Å²) in [5, 5.41) is 0.468. The van der Waals surface area contributed by atoms with Gasteiger partial charge >= 0.3 is 0 Å². The van der Waals surface area contributed by atoms with E-state index in [1.54, 1.807) is 31.3 Å². The second-order valence-electron chi connectivity index (χ2n) is 9.31. The number of carbonyl (C=O) groups is 1. The molecule has 1 amide bonds. The van der Waals surface area contributed by atoms with Gasteiger partial charge in [-0.05, 0) is 42.7 Å². The SMILES string of the molecule is COc1ccc(OC)c2sc(N(Cc3ccccc3)C(=O)C3CCN(S(=O)(=O)c4ccc(F)cc4F)CC3)nc12. The highest BCUT2D eigenvalue weighted by molar-refractivity contribution is 7.89. The fourth-order valence-corrected chi connectivity index (χ4v) is 7.38. The molecule has 2 heterocycles. The van der Waals surface area contributed by atoms with E-state index < -0.39 is 32.5 Å². The predicted octanol–water partition coefficient (Wildman–Crippen LogP) is 5.23. The van der Waals surface area contributed by atoms with Gasteiger partial charge in [-0.25, -0.2) is 22.2 Å². The van der Waals surface area contributed by atoms with E-state index in [1.807, 2.05) is 30.3 Å². The largest absolute Gasteiger partial charge is 0.495 e. The summed E-state index contributed by atoms with van der Waals surface area (Å²) in [7, 11) is -1.07. The van der Waals surface area contributed by atoms with Gasteiger partial charge in [0.1, 0.15) is 38.2 Å². The fraction of sp³-hybridized carbons (Fsp3) is 0.286. The number of thiazole rings is 1. The van der Waals surface area contributed by atoms with Crippen LogP contribution >= 0.6 is 11.3 Å². The number of hydrogen-bond donors (Lipinski definition) is 0. The van der Waals surface area contributed by atoms with Crippen LogP contribution in [0, 0.1) is 17.6 Å². The highest BCUT2D eigenvalue weighted by Crippen LogP contribution is 2.41. The lowest BCUT2D eigenvalue weighted by molar-refractivity contribution is -0.123. The van der Waals surface area contributed by atoms with Crippen molar-refractivity contribution < 1.29 is 31.5 Å². The van der Waals surface area contributed by atoms with E-state index in [4.69, 9.17) is 14.5 Å². The standard InChI is InChI=1S/C28H27F2N3O5S2/c1-37-22-9-10-23(38-2)26-25(22)31-28(39-26)33(17-18-6-4-3-5-7-18)27(34)19-12-14-32(15-13-19)40(35,36)24-11-8-20(29)16-21(24)30/h3-11,16,19H,12-15,17H2,1-2H3. The third-order valence-electron chi connectivity index (χ3n) is 6.89. The molecule has 4 aromatic rings. The van der Waals surface area contributed by atoms with E-state index in [2.05, 4.69) is 0 Å². The molecule has 8 nitrogen and oxygen atoms in total. The van der Waals surface area contributed by atoms with Gasteiger partial charge in [-0.2, -0.15) is 4.31 Å². The summed E-state index contributed by atoms with van der Waals surface area (Å²) in [4.78, 5) is 19.8. The molecule has 1 aliphatic rings. The molecule has 0 N–H and O–H groups in total. The second-order valence-corrected chi connectivity index (χ2v) is 12.2. The number of fused-ring (bicyclic) bond motifs is 1. The van der Waals surface area contributed by atoms with Gasteiger partial charge in [-0.15, -0.1) is 0 Å². The van der Waals surface area contributed by atoms with Crippen molar-refractivity contribution in [2.75, 3.05) is 32.2 Å². The number of ether oxygens (including phenoxy) is 2. The molecule has 0 unspecified atom stereocenters. The molecular weight excluding hydrogens is 560 g/mol. The summed E-state index contributed by atoms with van der Waals surface area (Å²) in [5.41, 5.74) is 1.48. The van der Waals surface area contributed by atoms with Crippen LogP contribution in [0.4, 0.5) is 13.9 Å². The van der Waals surface area contributed by atoms with Gasteiger partial charge in [0.05, 0.1) is 20.8 Å². The van der Waals surface area contributed by atoms with Crippen LogP contribution in [-0.2, 0) is 21.4 Å². The van der Waals surface area contributed by atoms with E-state index in [-0.39, 0.29) is 38.4 Å². The minimum absolute atomic E-state index is 0.0240. The highest BCUT2D eigenvalue weighted by Gasteiger charge is 2.36. The highest BCUT2D eigenvalue weighted by atomic mass is 32.2. The zero-order valence-electron chi connectivity index (χ0n) is 21.8. The predicted molar refractivity (Wildman–Crippen MR) is 148 cm³/mol. The van der Waals surface area contributed by atoms with Gasteiger partial charge in [0.15, 0.2) is 5.13 Å². The van der Waals surface area contributed by atoms with Crippen LogP contribution in [0.5, 0.6) is 11.5 Å². The van der Waals surface area contributed by atoms with Crippen molar-refractivity contribution in [3.05, 3.63) is 77.9 Å². The average Bonchev–Trinajstić information content (AvgIpc) is 3.41. The number of aromatic nitrogens is 1. The number of carbonyl (C=O) groups excluding carboxylic acids is 1. The van der Waals surface area contributed by atoms with E-state index in [0.717, 1.165) is 26.7 Å². The van der Waals surface area contributed by atoms with Crippen molar-refractivity contribution in [2.24, 2.45) is 5.92 Å². The molecule has 0 radical (unpaired) electrons. The number of sulfonamides is 1. The minimum Gasteiger partial charge on any atom is -0.495 e. The molecule has 0 saturated carbocycles. The first-order valence-corrected chi connectivity index (χ1v) is 14.8. The van der Waals surface area contributed by atoms with Gasteiger partial charge in [0, 0.05) is 25.1 Å². The number of anilines is 1. The number of benzene rings is 3. The summed E-state index contributed by atoms with van der Waals surface area (Å²) in [6.07, 6.45) is 0.480. The Morgan fingerprint density at radius 3 is 2.35 bits per heavy atom. The van der Waals surface area contributed by atoms with E-state index >= 15 is 0 Å². The van der Waals surface area contributed by atoms with Crippen LogP contribution in [-0.4, -0.2) is 50.9 Å². The molecule has 5 rings (SSSR count). The number of halogens is 2. The summed E-state index contributed by atoms with van der Waals surface area (Å²) in [5.74, 6) is -1.51. The third-order valence-corrected chi connectivity index (χ3v) is 9.92. The van der Waals surface area contributed by atoms with Crippen molar-refractivity contribution in [1.29, 1.82) is 0 Å². The Morgan fingerprint density at radius 1 is 1.02 bits per heavy atom. The van der Waals surface area contributed by atoms with E-state index in [0.29, 0.717) is 28.2 Å². The number of hydrogen-bond acceptors (Lipinski definition) is 7. The van der Waals surface area contributed by atoms with Crippen molar-refractivity contribution in [2.45, 2.75) is 24.3 Å². The van der Waals surface area contributed by atoms with E-state index in [1.165, 1.54) is 11.3 Å². The maximum Gasteiger partial charge on any atom is 0.245 e. The van der Waals surface area contributed by atoms with Gasteiger partial charge < -0.3 is 9.47 Å². The summed E-state index contributed by atoms with van der Waals surface area (Å²) in [6, 6.07) is 15.4. The van der Waals surface area contributed by atoms with Crippen LogP contribution in [0.25, 0.3) is 10.2 Å². The maximum absolute atomic E-state index is 14.3. The van der Waals surface area contributed by atoms with Crippen LogP contribution in [0.3, 0.4) is 0 Å². The number of rotatable bonds is 8. The van der Waals surface area contributed by atoms with Crippen molar-refractivity contribution in [3.63, 3.8) is 0 Å². The van der Waals surface area contributed by atoms with Gasteiger partial charge in [0.25, 0.3) is 0 Å². The Morgan fingerprint density at radius 2 is 1.70 bits per heavy atom. The molecule has 0 atom stereocenters. The number of methoxy groups -OCH3 is 2. The number of nitrogens with zero attached hydrogens (tertiary/aromatic N) is 3. The van der Waals surface area contributed by atoms with Crippen molar-refractivity contribution >= 4 is 42.6 Å². The van der Waals surface area contributed by atoms with Crippen LogP contribution in [0.2, 0.25) is 0 Å². The first-order chi connectivity index (χ1) is 19.2. The van der Waals surface area contributed by atoms with Gasteiger partial charge in [-0.1, -0.05) is 41.7 Å². The first kappa shape index (κ1) is 27.9. The van der Waals surface area contributed by atoms with Crippen molar-refractivity contribution in [3.8, 4) is 11.5 Å². The molecule has 1 aromatic heterocycles. The molecule has 1 saturated heterocycles. The van der Waals surface area contributed by atoms with Crippen LogP contribution in [0.1, 0.15) is 18.4 Å². The summed E-state index contributed by atoms with van der Waals surface area (Å²) in [6.45, 7) is 0.315. The van der Waals surface area contributed by atoms with Gasteiger partial charge in [-0.3, -0.25) is 9.69 Å². The lowest BCUT2D eigenvalue weighted by Crippen LogP contribution is -2.44. The molecule has 0 bridgehead atoms. The zero-order valence-corrected chi connectivity index (χ0v) is 23.5. The normalized spacial score (nSPS) is 14.8. The van der Waals surface area contributed by atoms with Gasteiger partial charge in [0.2, 0.25) is 15.9 Å². The maximum atomic E-state index is 14.3. The molecule has 0 aliphatic carbocycles. The smallest absolute Gasteiger partial charge is 0.245 e. The zero-order chi connectivity index (χ0) is 28.4. The Kier molecular flexibility index (Phi) is 8.02. The monoisotopic (exact) mass is 587 g/mol. The van der Waals surface area contributed by atoms with Crippen LogP contribution < -0.4 is 14.4 Å². The Labute approximate surface area is 234 Å². The summed E-state index contributed by atoms with van der Waals surface area (Å²) < 4.78 is 66.6. The Balaban J connectivity index is 1.42. The Hall–Kier alpha value is -3.61. The molecule has 0 spiro atoms. The number of piperidine rings is 1. The molecule has 40 heavy (non-hydrogen) atoms. The topological polar surface area (TPSA) is 89.0 Å². The lowest BCUT2D eigenvalue weighted by Gasteiger charge is -2.33. The van der Waals surface area contributed by atoms with Crippen molar-refractivity contribution in [1.82, 2.24) is 9.29 Å². The van der Waals surface area contributed by atoms with E-state index in [9.17, 15) is 22.0 Å².